The van der Waals surface area contributed by atoms with Crippen LogP contribution in [0.1, 0.15) is 24.2 Å². The number of amides is 1. The van der Waals surface area contributed by atoms with E-state index < -0.39 is 5.91 Å². The van der Waals surface area contributed by atoms with Gasteiger partial charge in [0, 0.05) is 3.57 Å². The van der Waals surface area contributed by atoms with E-state index in [1.165, 1.54) is 0 Å². The molecular weight excluding hydrogens is 448 g/mol. The Hall–Kier alpha value is -0.0900. The highest BCUT2D eigenvalue weighted by molar-refractivity contribution is 14.1. The monoisotopic (exact) mass is 461 g/mol. The molecule has 0 aromatic heterocycles. The number of rotatable bonds is 4. The van der Waals surface area contributed by atoms with E-state index in [1.807, 2.05) is 36.4 Å². The third-order valence-corrected chi connectivity index (χ3v) is 3.30. The van der Waals surface area contributed by atoms with Gasteiger partial charge in [0.25, 0.3) is 5.91 Å². The SMILES string of the molecule is CC(C)CONC(=O)c1cc(I)cc(I)c1O. The fourth-order valence-electron chi connectivity index (χ4n) is 1.07. The zero-order valence-electron chi connectivity index (χ0n) is 9.46. The van der Waals surface area contributed by atoms with Crippen LogP contribution in [0.2, 0.25) is 0 Å². The molecule has 2 N–H and O–H groups in total. The Morgan fingerprint density at radius 2 is 2.12 bits per heavy atom. The van der Waals surface area contributed by atoms with Gasteiger partial charge in [-0.05, 0) is 63.2 Å². The lowest BCUT2D eigenvalue weighted by Crippen LogP contribution is -2.25. The summed E-state index contributed by atoms with van der Waals surface area (Å²) in [6.45, 7) is 4.41. The summed E-state index contributed by atoms with van der Waals surface area (Å²) in [5.41, 5.74) is 2.55. The fourth-order valence-corrected chi connectivity index (χ4v) is 2.91. The number of benzene rings is 1. The van der Waals surface area contributed by atoms with Crippen molar-refractivity contribution >= 4 is 51.1 Å². The number of carbonyl (C=O) groups excluding carboxylic acids is 1. The van der Waals surface area contributed by atoms with Crippen molar-refractivity contribution in [2.75, 3.05) is 6.61 Å². The third kappa shape index (κ3) is 4.59. The second kappa shape index (κ2) is 6.74. The van der Waals surface area contributed by atoms with E-state index in [2.05, 4.69) is 28.1 Å². The van der Waals surface area contributed by atoms with E-state index in [4.69, 9.17) is 4.84 Å². The molecule has 0 fully saturated rings. The van der Waals surface area contributed by atoms with Crippen LogP contribution in [-0.2, 0) is 4.84 Å². The van der Waals surface area contributed by atoms with E-state index >= 15 is 0 Å². The minimum absolute atomic E-state index is 0.0170. The van der Waals surface area contributed by atoms with Gasteiger partial charge in [-0.25, -0.2) is 5.48 Å². The van der Waals surface area contributed by atoms with Crippen LogP contribution in [0.5, 0.6) is 5.75 Å². The van der Waals surface area contributed by atoms with Crippen molar-refractivity contribution in [2.45, 2.75) is 13.8 Å². The zero-order chi connectivity index (χ0) is 13.0. The van der Waals surface area contributed by atoms with Gasteiger partial charge in [-0.15, -0.1) is 0 Å². The molecule has 0 aliphatic rings. The van der Waals surface area contributed by atoms with E-state index in [1.54, 1.807) is 12.1 Å². The summed E-state index contributed by atoms with van der Waals surface area (Å²) in [6.07, 6.45) is 0. The average Bonchev–Trinajstić information content (AvgIpc) is 2.22. The molecule has 0 saturated carbocycles. The van der Waals surface area contributed by atoms with Crippen molar-refractivity contribution < 1.29 is 14.7 Å². The first-order valence-corrected chi connectivity index (χ1v) is 7.17. The summed E-state index contributed by atoms with van der Waals surface area (Å²) >= 11 is 4.07. The molecule has 0 radical (unpaired) electrons. The summed E-state index contributed by atoms with van der Waals surface area (Å²) in [4.78, 5) is 16.8. The maximum absolute atomic E-state index is 11.7. The number of hydroxylamine groups is 1. The van der Waals surface area contributed by atoms with E-state index in [9.17, 15) is 9.90 Å². The number of hydrogen-bond acceptors (Lipinski definition) is 3. The predicted molar refractivity (Wildman–Crippen MR) is 81.8 cm³/mol. The molecule has 1 aromatic rings. The van der Waals surface area contributed by atoms with Crippen LogP contribution in [0.3, 0.4) is 0 Å². The average molecular weight is 461 g/mol. The first kappa shape index (κ1) is 15.0. The van der Waals surface area contributed by atoms with Gasteiger partial charge in [-0.1, -0.05) is 13.8 Å². The lowest BCUT2D eigenvalue weighted by atomic mass is 10.2. The lowest BCUT2D eigenvalue weighted by Gasteiger charge is -2.10. The normalized spacial score (nSPS) is 10.6. The van der Waals surface area contributed by atoms with Gasteiger partial charge in [0.2, 0.25) is 0 Å². The van der Waals surface area contributed by atoms with Gasteiger partial charge in [-0.2, -0.15) is 0 Å². The number of aromatic hydroxyl groups is 1. The Morgan fingerprint density at radius 3 is 2.71 bits per heavy atom. The minimum Gasteiger partial charge on any atom is -0.506 e. The van der Waals surface area contributed by atoms with Gasteiger partial charge in [0.15, 0.2) is 0 Å². The number of phenolic OH excluding ortho intramolecular Hbond substituents is 1. The highest BCUT2D eigenvalue weighted by Gasteiger charge is 2.15. The third-order valence-electron chi connectivity index (χ3n) is 1.85. The molecule has 17 heavy (non-hydrogen) atoms. The van der Waals surface area contributed by atoms with Gasteiger partial charge < -0.3 is 5.11 Å². The molecule has 0 bridgehead atoms. The Balaban J connectivity index is 2.75. The molecule has 0 aliphatic carbocycles. The van der Waals surface area contributed by atoms with Crippen LogP contribution in [0, 0.1) is 13.1 Å². The standard InChI is InChI=1S/C11H13I2NO3/c1-6(2)5-17-14-11(16)8-3-7(12)4-9(13)10(8)15/h3-4,6,15H,5H2,1-2H3,(H,14,16). The maximum Gasteiger partial charge on any atom is 0.278 e. The van der Waals surface area contributed by atoms with E-state index in [0.29, 0.717) is 16.1 Å². The molecule has 1 rings (SSSR count). The lowest BCUT2D eigenvalue weighted by molar-refractivity contribution is 0.0206. The Labute approximate surface area is 127 Å². The second-order valence-corrected chi connectivity index (χ2v) is 6.33. The molecule has 0 unspecified atom stereocenters. The van der Waals surface area contributed by atoms with Crippen LogP contribution in [-0.4, -0.2) is 17.6 Å². The van der Waals surface area contributed by atoms with Crippen molar-refractivity contribution in [3.8, 4) is 5.75 Å². The summed E-state index contributed by atoms with van der Waals surface area (Å²) in [6, 6.07) is 3.41. The number of phenols is 1. The Morgan fingerprint density at radius 1 is 1.47 bits per heavy atom. The molecule has 0 saturated heterocycles. The van der Waals surface area contributed by atoms with E-state index in [-0.39, 0.29) is 11.3 Å². The molecule has 0 heterocycles. The molecule has 94 valence electrons. The molecular formula is C11H13I2NO3. The first-order valence-electron chi connectivity index (χ1n) is 5.02. The largest absolute Gasteiger partial charge is 0.506 e. The maximum atomic E-state index is 11.7. The van der Waals surface area contributed by atoms with Gasteiger partial charge in [-0.3, -0.25) is 9.63 Å². The van der Waals surface area contributed by atoms with Crippen LogP contribution in [0.25, 0.3) is 0 Å². The summed E-state index contributed by atoms with van der Waals surface area (Å²) in [5.74, 6) is -0.115. The molecule has 6 heteroatoms. The van der Waals surface area contributed by atoms with Crippen molar-refractivity contribution in [1.82, 2.24) is 5.48 Å². The van der Waals surface area contributed by atoms with Crippen molar-refractivity contribution in [3.63, 3.8) is 0 Å². The summed E-state index contributed by atoms with van der Waals surface area (Å²) in [7, 11) is 0. The van der Waals surface area contributed by atoms with Gasteiger partial charge in [0.1, 0.15) is 5.75 Å². The molecule has 0 atom stereocenters. The number of nitrogens with one attached hydrogen (secondary N) is 1. The topological polar surface area (TPSA) is 58.6 Å². The van der Waals surface area contributed by atoms with Crippen molar-refractivity contribution in [1.29, 1.82) is 0 Å². The van der Waals surface area contributed by atoms with Crippen molar-refractivity contribution in [2.24, 2.45) is 5.92 Å². The molecule has 0 spiro atoms. The summed E-state index contributed by atoms with van der Waals surface area (Å²) in [5, 5.41) is 9.77. The minimum atomic E-state index is -0.431. The highest BCUT2D eigenvalue weighted by atomic mass is 127. The highest BCUT2D eigenvalue weighted by Crippen LogP contribution is 2.26. The van der Waals surface area contributed by atoms with E-state index in [0.717, 1.165) is 3.57 Å². The Kier molecular flexibility index (Phi) is 5.93. The molecule has 1 aromatic carbocycles. The van der Waals surface area contributed by atoms with Crippen LogP contribution in [0.4, 0.5) is 0 Å². The second-order valence-electron chi connectivity index (χ2n) is 3.92. The van der Waals surface area contributed by atoms with Gasteiger partial charge >= 0.3 is 0 Å². The molecule has 4 nitrogen and oxygen atoms in total. The van der Waals surface area contributed by atoms with Crippen molar-refractivity contribution in [3.05, 3.63) is 24.8 Å². The molecule has 0 aliphatic heterocycles. The number of hydrogen-bond donors (Lipinski definition) is 2. The van der Waals surface area contributed by atoms with Gasteiger partial charge in [0.05, 0.1) is 15.7 Å². The number of carbonyl (C=O) groups is 1. The quantitative estimate of drug-likeness (QED) is 0.536. The zero-order valence-corrected chi connectivity index (χ0v) is 13.8. The van der Waals surface area contributed by atoms with Crippen LogP contribution in [0.15, 0.2) is 12.1 Å². The van der Waals surface area contributed by atoms with Crippen LogP contribution < -0.4 is 5.48 Å². The Bertz CT molecular complexity index is 421. The number of halogens is 2. The fraction of sp³-hybridized carbons (Fsp3) is 0.364. The summed E-state index contributed by atoms with van der Waals surface area (Å²) < 4.78 is 1.53. The van der Waals surface area contributed by atoms with Crippen LogP contribution >= 0.6 is 45.2 Å². The smallest absolute Gasteiger partial charge is 0.278 e. The molecule has 1 amide bonds. The predicted octanol–water partition coefficient (Wildman–Crippen LogP) is 2.92. The first-order chi connectivity index (χ1) is 7.91.